The number of hydrogen-bond donors (Lipinski definition) is 0. The van der Waals surface area contributed by atoms with Crippen molar-refractivity contribution >= 4 is 16.9 Å². The SMILES string of the molecule is COC(=O)c1cccc(Cn2c(=O)c(CN(C)Cc3ccco3)cc3cc4c(cc32)CCC4)c1. The highest BCUT2D eigenvalue weighted by atomic mass is 16.5. The van der Waals surface area contributed by atoms with Crippen molar-refractivity contribution in [2.45, 2.75) is 38.9 Å². The fourth-order valence-electron chi connectivity index (χ4n) is 4.89. The van der Waals surface area contributed by atoms with Gasteiger partial charge in [-0.3, -0.25) is 9.69 Å². The Balaban J connectivity index is 1.56. The van der Waals surface area contributed by atoms with Gasteiger partial charge in [0.25, 0.3) is 5.56 Å². The summed E-state index contributed by atoms with van der Waals surface area (Å²) in [7, 11) is 3.36. The van der Waals surface area contributed by atoms with E-state index in [2.05, 4.69) is 17.0 Å². The van der Waals surface area contributed by atoms with Crippen molar-refractivity contribution in [3.63, 3.8) is 0 Å². The third kappa shape index (κ3) is 4.41. The molecule has 1 aliphatic carbocycles. The Morgan fingerprint density at radius 1 is 1.06 bits per heavy atom. The van der Waals surface area contributed by atoms with E-state index in [-0.39, 0.29) is 11.5 Å². The van der Waals surface area contributed by atoms with E-state index in [1.165, 1.54) is 18.2 Å². The fourth-order valence-corrected chi connectivity index (χ4v) is 4.89. The van der Waals surface area contributed by atoms with Crippen LogP contribution < -0.4 is 5.56 Å². The Labute approximate surface area is 198 Å². The number of aryl methyl sites for hydroxylation is 2. The van der Waals surface area contributed by atoms with E-state index in [4.69, 9.17) is 9.15 Å². The Morgan fingerprint density at radius 2 is 1.88 bits per heavy atom. The number of rotatable bonds is 7. The van der Waals surface area contributed by atoms with E-state index < -0.39 is 0 Å². The summed E-state index contributed by atoms with van der Waals surface area (Å²) in [5.41, 5.74) is 5.72. The van der Waals surface area contributed by atoms with Crippen molar-refractivity contribution < 1.29 is 13.9 Å². The fraction of sp³-hybridized carbons (Fsp3) is 0.286. The average Bonchev–Trinajstić information content (AvgIpc) is 3.52. The lowest BCUT2D eigenvalue weighted by atomic mass is 10.0. The summed E-state index contributed by atoms with van der Waals surface area (Å²) in [6.07, 6.45) is 4.94. The minimum atomic E-state index is -0.384. The molecule has 34 heavy (non-hydrogen) atoms. The molecule has 4 aromatic rings. The molecule has 0 unspecified atom stereocenters. The third-order valence-corrected chi connectivity index (χ3v) is 6.52. The van der Waals surface area contributed by atoms with Crippen LogP contribution in [0, 0.1) is 0 Å². The molecule has 0 saturated carbocycles. The molecule has 5 rings (SSSR count). The van der Waals surface area contributed by atoms with Crippen LogP contribution in [0.3, 0.4) is 0 Å². The predicted molar refractivity (Wildman–Crippen MR) is 131 cm³/mol. The molecule has 2 aromatic heterocycles. The standard InChI is InChI=1S/C28H28N2O4/c1-29(18-25-10-5-11-34-25)17-24-14-23-13-20-7-4-8-21(20)15-26(23)30(27(24)31)16-19-6-3-9-22(12-19)28(32)33-2/h3,5-6,9-15H,4,7-8,16-18H2,1-2H3. The predicted octanol–water partition coefficient (Wildman–Crippen LogP) is 4.55. The number of ether oxygens (including phenoxy) is 1. The highest BCUT2D eigenvalue weighted by molar-refractivity contribution is 5.89. The molecule has 2 aromatic carbocycles. The van der Waals surface area contributed by atoms with Crippen molar-refractivity contribution in [3.8, 4) is 0 Å². The second-order valence-corrected chi connectivity index (χ2v) is 9.04. The van der Waals surface area contributed by atoms with Crippen molar-refractivity contribution in [1.82, 2.24) is 9.47 Å². The second kappa shape index (κ2) is 9.31. The van der Waals surface area contributed by atoms with Gasteiger partial charge in [-0.05, 0) is 90.9 Å². The topological polar surface area (TPSA) is 64.7 Å². The molecular formula is C28H28N2O4. The molecule has 6 nitrogen and oxygen atoms in total. The normalized spacial score (nSPS) is 12.9. The number of carbonyl (C=O) groups excluding carboxylic acids is 1. The largest absolute Gasteiger partial charge is 0.468 e. The zero-order valence-corrected chi connectivity index (χ0v) is 19.5. The summed E-state index contributed by atoms with van der Waals surface area (Å²) in [4.78, 5) is 27.8. The van der Waals surface area contributed by atoms with Gasteiger partial charge in [0.2, 0.25) is 0 Å². The first-order valence-electron chi connectivity index (χ1n) is 11.6. The molecule has 0 spiro atoms. The van der Waals surface area contributed by atoms with Gasteiger partial charge in [0.05, 0.1) is 37.5 Å². The van der Waals surface area contributed by atoms with Gasteiger partial charge in [-0.2, -0.15) is 0 Å². The molecule has 0 N–H and O–H groups in total. The zero-order valence-electron chi connectivity index (χ0n) is 19.5. The molecule has 0 atom stereocenters. The number of furan rings is 1. The van der Waals surface area contributed by atoms with E-state index in [1.807, 2.05) is 41.9 Å². The Hall–Kier alpha value is -3.64. The third-order valence-electron chi connectivity index (χ3n) is 6.52. The maximum atomic E-state index is 13.7. The number of nitrogens with zero attached hydrogens (tertiary/aromatic N) is 2. The number of benzene rings is 2. The van der Waals surface area contributed by atoms with E-state index in [9.17, 15) is 9.59 Å². The first-order valence-corrected chi connectivity index (χ1v) is 11.6. The molecule has 2 heterocycles. The lowest BCUT2D eigenvalue weighted by Gasteiger charge is -2.19. The maximum Gasteiger partial charge on any atom is 0.337 e. The molecule has 0 bridgehead atoms. The van der Waals surface area contributed by atoms with E-state index in [1.54, 1.807) is 18.4 Å². The van der Waals surface area contributed by atoms with Gasteiger partial charge in [0.1, 0.15) is 5.76 Å². The lowest BCUT2D eigenvalue weighted by Crippen LogP contribution is -2.29. The average molecular weight is 457 g/mol. The summed E-state index contributed by atoms with van der Waals surface area (Å²) in [5.74, 6) is 0.478. The maximum absolute atomic E-state index is 13.7. The lowest BCUT2D eigenvalue weighted by molar-refractivity contribution is 0.0600. The van der Waals surface area contributed by atoms with Crippen LogP contribution in [-0.2, 0) is 37.2 Å². The van der Waals surface area contributed by atoms with Crippen molar-refractivity contribution in [1.29, 1.82) is 0 Å². The molecule has 0 amide bonds. The van der Waals surface area contributed by atoms with Crippen molar-refractivity contribution in [2.24, 2.45) is 0 Å². The first kappa shape index (κ1) is 22.2. The van der Waals surface area contributed by atoms with Crippen molar-refractivity contribution in [3.05, 3.63) is 105 Å². The molecule has 0 aliphatic heterocycles. The molecule has 6 heteroatoms. The van der Waals surface area contributed by atoms with Crippen LogP contribution in [0.4, 0.5) is 0 Å². The molecule has 174 valence electrons. The second-order valence-electron chi connectivity index (χ2n) is 9.04. The molecular weight excluding hydrogens is 428 g/mol. The quantitative estimate of drug-likeness (QED) is 0.382. The minimum absolute atomic E-state index is 0.0137. The van der Waals surface area contributed by atoms with Gasteiger partial charge in [0.15, 0.2) is 0 Å². The van der Waals surface area contributed by atoms with Gasteiger partial charge in [-0.1, -0.05) is 12.1 Å². The molecule has 1 aliphatic rings. The Morgan fingerprint density at radius 3 is 2.65 bits per heavy atom. The van der Waals surface area contributed by atoms with E-state index in [0.717, 1.165) is 47.1 Å². The summed E-state index contributed by atoms with van der Waals surface area (Å²) < 4.78 is 12.2. The first-order chi connectivity index (χ1) is 16.5. The van der Waals surface area contributed by atoms with Gasteiger partial charge in [0, 0.05) is 12.1 Å². The minimum Gasteiger partial charge on any atom is -0.468 e. The number of aromatic nitrogens is 1. The van der Waals surface area contributed by atoms with Crippen LogP contribution in [0.25, 0.3) is 10.9 Å². The van der Waals surface area contributed by atoms with Gasteiger partial charge < -0.3 is 13.7 Å². The van der Waals surface area contributed by atoms with Crippen LogP contribution in [-0.4, -0.2) is 29.6 Å². The van der Waals surface area contributed by atoms with E-state index in [0.29, 0.717) is 25.2 Å². The highest BCUT2D eigenvalue weighted by Crippen LogP contribution is 2.28. The van der Waals surface area contributed by atoms with Gasteiger partial charge in [-0.15, -0.1) is 0 Å². The monoisotopic (exact) mass is 456 g/mol. The highest BCUT2D eigenvalue weighted by Gasteiger charge is 2.18. The summed E-state index contributed by atoms with van der Waals surface area (Å²) >= 11 is 0. The number of carbonyl (C=O) groups is 1. The van der Waals surface area contributed by atoms with Gasteiger partial charge in [-0.25, -0.2) is 4.79 Å². The smallest absolute Gasteiger partial charge is 0.337 e. The van der Waals surface area contributed by atoms with Crippen LogP contribution in [0.2, 0.25) is 0 Å². The van der Waals surface area contributed by atoms with Crippen molar-refractivity contribution in [2.75, 3.05) is 14.2 Å². The number of fused-ring (bicyclic) bond motifs is 2. The van der Waals surface area contributed by atoms with Gasteiger partial charge >= 0.3 is 5.97 Å². The van der Waals surface area contributed by atoms with Crippen LogP contribution in [0.1, 0.15) is 44.8 Å². The molecule has 0 radical (unpaired) electrons. The molecule has 0 fully saturated rings. The van der Waals surface area contributed by atoms with Crippen LogP contribution in [0.15, 0.2) is 70.1 Å². The number of methoxy groups -OCH3 is 1. The number of esters is 1. The molecule has 0 saturated heterocycles. The van der Waals surface area contributed by atoms with Crippen LogP contribution in [0.5, 0.6) is 0 Å². The van der Waals surface area contributed by atoms with E-state index >= 15 is 0 Å². The number of pyridine rings is 1. The van der Waals surface area contributed by atoms with Crippen LogP contribution >= 0.6 is 0 Å². The Bertz CT molecular complexity index is 1400. The zero-order chi connectivity index (χ0) is 23.7. The summed E-state index contributed by atoms with van der Waals surface area (Å²) in [6.45, 7) is 1.51. The Kier molecular flexibility index (Phi) is 6.07. The summed E-state index contributed by atoms with van der Waals surface area (Å²) in [6, 6.07) is 17.6. The number of hydrogen-bond acceptors (Lipinski definition) is 5. The summed E-state index contributed by atoms with van der Waals surface area (Å²) in [5, 5.41) is 1.07.